The fourth-order valence-electron chi connectivity index (χ4n) is 2.11. The molecular weight excluding hydrogens is 258 g/mol. The average Bonchev–Trinajstić information content (AvgIpc) is 2.91. The van der Waals surface area contributed by atoms with Gasteiger partial charge in [0.1, 0.15) is 5.03 Å². The number of H-pyrrole nitrogens is 1. The van der Waals surface area contributed by atoms with Crippen molar-refractivity contribution >= 4 is 22.8 Å². The molecule has 3 aromatic rings. The largest absolute Gasteiger partial charge is 0.333 e. The van der Waals surface area contributed by atoms with E-state index in [4.69, 9.17) is 5.73 Å². The topological polar surface area (TPSA) is 72.5 Å². The van der Waals surface area contributed by atoms with Gasteiger partial charge in [0.2, 0.25) is 0 Å². The summed E-state index contributed by atoms with van der Waals surface area (Å²) in [5.74, 6) is 0. The highest BCUT2D eigenvalue weighted by Gasteiger charge is 2.15. The Morgan fingerprint density at radius 2 is 2.16 bits per heavy atom. The van der Waals surface area contributed by atoms with Crippen LogP contribution in [0.5, 0.6) is 0 Å². The number of aromatic amines is 1. The van der Waals surface area contributed by atoms with Gasteiger partial charge in [0, 0.05) is 19.2 Å². The molecule has 19 heavy (non-hydrogen) atoms. The van der Waals surface area contributed by atoms with Gasteiger partial charge in [-0.15, -0.1) is 0 Å². The van der Waals surface area contributed by atoms with Gasteiger partial charge in [-0.1, -0.05) is 12.1 Å². The lowest BCUT2D eigenvalue weighted by molar-refractivity contribution is 0.687. The summed E-state index contributed by atoms with van der Waals surface area (Å²) in [5, 5.41) is 6.31. The highest BCUT2D eigenvalue weighted by atomic mass is 32.2. The van der Waals surface area contributed by atoms with Gasteiger partial charge in [-0.05, 0) is 30.8 Å². The second kappa shape index (κ2) is 4.71. The number of nitrogens with one attached hydrogen (secondary N) is 1. The minimum atomic E-state index is 0.488. The maximum atomic E-state index is 5.80. The van der Waals surface area contributed by atoms with Crippen LogP contribution in [0, 0.1) is 6.92 Å². The first-order valence-electron chi connectivity index (χ1n) is 6.04. The highest BCUT2D eigenvalue weighted by Crippen LogP contribution is 2.30. The Morgan fingerprint density at radius 1 is 1.37 bits per heavy atom. The molecular formula is C13H15N5S. The van der Waals surface area contributed by atoms with Crippen LogP contribution in [-0.2, 0) is 13.6 Å². The quantitative estimate of drug-likeness (QED) is 0.767. The molecule has 3 N–H and O–H groups in total. The third-order valence-corrected chi connectivity index (χ3v) is 4.14. The number of rotatable bonds is 3. The zero-order valence-corrected chi connectivity index (χ0v) is 11.7. The summed E-state index contributed by atoms with van der Waals surface area (Å²) >= 11 is 1.57. The van der Waals surface area contributed by atoms with Crippen molar-refractivity contribution < 1.29 is 0 Å². The molecule has 2 aromatic heterocycles. The van der Waals surface area contributed by atoms with Crippen molar-refractivity contribution in [1.82, 2.24) is 19.7 Å². The maximum Gasteiger partial charge on any atom is 0.172 e. The smallest absolute Gasteiger partial charge is 0.172 e. The van der Waals surface area contributed by atoms with Crippen molar-refractivity contribution in [2.24, 2.45) is 12.8 Å². The van der Waals surface area contributed by atoms with Gasteiger partial charge in [0.25, 0.3) is 0 Å². The summed E-state index contributed by atoms with van der Waals surface area (Å²) in [6, 6.07) is 7.99. The van der Waals surface area contributed by atoms with E-state index < -0.39 is 0 Å². The molecule has 0 aliphatic carbocycles. The number of nitrogens with two attached hydrogens (primary N) is 1. The number of imidazole rings is 1. The lowest BCUT2D eigenvalue weighted by atomic mass is 10.3. The molecule has 0 radical (unpaired) electrons. The number of para-hydroxylation sites is 2. The highest BCUT2D eigenvalue weighted by molar-refractivity contribution is 7.99. The Morgan fingerprint density at radius 3 is 2.89 bits per heavy atom. The monoisotopic (exact) mass is 273 g/mol. The van der Waals surface area contributed by atoms with Crippen LogP contribution < -0.4 is 5.73 Å². The van der Waals surface area contributed by atoms with Gasteiger partial charge in [0.05, 0.1) is 16.7 Å². The molecule has 0 spiro atoms. The number of nitrogens with zero attached hydrogens (tertiary/aromatic N) is 3. The van der Waals surface area contributed by atoms with Crippen LogP contribution in [0.1, 0.15) is 11.3 Å². The van der Waals surface area contributed by atoms with E-state index in [1.807, 2.05) is 42.9 Å². The van der Waals surface area contributed by atoms with Crippen LogP contribution in [0.2, 0.25) is 0 Å². The molecule has 0 saturated heterocycles. The van der Waals surface area contributed by atoms with Crippen LogP contribution in [-0.4, -0.2) is 19.7 Å². The molecule has 0 atom stereocenters. The molecule has 6 heteroatoms. The zero-order chi connectivity index (χ0) is 13.4. The summed E-state index contributed by atoms with van der Waals surface area (Å²) in [5.41, 5.74) is 9.86. The Kier molecular flexibility index (Phi) is 3.04. The summed E-state index contributed by atoms with van der Waals surface area (Å²) in [7, 11) is 1.93. The normalized spacial score (nSPS) is 11.3. The number of fused-ring (bicyclic) bond motifs is 1. The SMILES string of the molecule is Cc1nn(C)c(Sc2nc3ccccc3[nH]2)c1CN. The van der Waals surface area contributed by atoms with Crippen molar-refractivity contribution in [2.75, 3.05) is 0 Å². The maximum absolute atomic E-state index is 5.80. The molecule has 0 bridgehead atoms. The number of aryl methyl sites for hydroxylation is 2. The molecule has 0 amide bonds. The first-order valence-corrected chi connectivity index (χ1v) is 6.86. The van der Waals surface area contributed by atoms with Crippen molar-refractivity contribution in [3.05, 3.63) is 35.5 Å². The van der Waals surface area contributed by atoms with Gasteiger partial charge in [-0.25, -0.2) is 4.98 Å². The average molecular weight is 273 g/mol. The van der Waals surface area contributed by atoms with Gasteiger partial charge in [-0.3, -0.25) is 4.68 Å². The summed E-state index contributed by atoms with van der Waals surface area (Å²) in [4.78, 5) is 7.86. The van der Waals surface area contributed by atoms with E-state index in [0.29, 0.717) is 6.54 Å². The Hall–Kier alpha value is -1.79. The fourth-order valence-corrected chi connectivity index (χ4v) is 3.13. The van der Waals surface area contributed by atoms with E-state index in [1.165, 1.54) is 0 Å². The van der Waals surface area contributed by atoms with E-state index in [2.05, 4.69) is 15.1 Å². The number of hydrogen-bond acceptors (Lipinski definition) is 4. The van der Waals surface area contributed by atoms with E-state index in [1.54, 1.807) is 11.8 Å². The molecule has 0 saturated carbocycles. The number of hydrogen-bond donors (Lipinski definition) is 2. The second-order valence-corrected chi connectivity index (χ2v) is 5.34. The Labute approximate surface area is 115 Å². The molecule has 5 nitrogen and oxygen atoms in total. The van der Waals surface area contributed by atoms with Crippen molar-refractivity contribution in [1.29, 1.82) is 0 Å². The third kappa shape index (κ3) is 2.13. The molecule has 1 aromatic carbocycles. The van der Waals surface area contributed by atoms with Crippen LogP contribution in [0.15, 0.2) is 34.4 Å². The van der Waals surface area contributed by atoms with Crippen molar-refractivity contribution in [3.8, 4) is 0 Å². The third-order valence-electron chi connectivity index (χ3n) is 3.05. The van der Waals surface area contributed by atoms with Crippen LogP contribution in [0.25, 0.3) is 11.0 Å². The van der Waals surface area contributed by atoms with E-state index in [0.717, 1.165) is 32.5 Å². The Bertz CT molecular complexity index is 695. The predicted octanol–water partition coefficient (Wildman–Crippen LogP) is 2.21. The van der Waals surface area contributed by atoms with Gasteiger partial charge in [0.15, 0.2) is 5.16 Å². The minimum absolute atomic E-state index is 0.488. The minimum Gasteiger partial charge on any atom is -0.333 e. The first-order chi connectivity index (χ1) is 9.19. The molecule has 3 rings (SSSR count). The number of aromatic nitrogens is 4. The lowest BCUT2D eigenvalue weighted by Crippen LogP contribution is -1.99. The van der Waals surface area contributed by atoms with Gasteiger partial charge in [-0.2, -0.15) is 5.10 Å². The van der Waals surface area contributed by atoms with E-state index >= 15 is 0 Å². The van der Waals surface area contributed by atoms with E-state index in [9.17, 15) is 0 Å². The summed E-state index contributed by atoms with van der Waals surface area (Å²) in [6.45, 7) is 2.47. The molecule has 0 aliphatic rings. The molecule has 0 unspecified atom stereocenters. The standard InChI is InChI=1S/C13H15N5S/c1-8-9(7-14)12(18(2)17-8)19-13-15-10-5-3-4-6-11(10)16-13/h3-6H,7,14H2,1-2H3,(H,15,16). The molecule has 0 fully saturated rings. The van der Waals surface area contributed by atoms with Crippen LogP contribution in [0.4, 0.5) is 0 Å². The molecule has 98 valence electrons. The number of benzene rings is 1. The summed E-state index contributed by atoms with van der Waals surface area (Å²) < 4.78 is 1.86. The van der Waals surface area contributed by atoms with Gasteiger partial charge < -0.3 is 10.7 Å². The van der Waals surface area contributed by atoms with Crippen LogP contribution >= 0.6 is 11.8 Å². The fraction of sp³-hybridized carbons (Fsp3) is 0.231. The second-order valence-electron chi connectivity index (χ2n) is 4.36. The zero-order valence-electron chi connectivity index (χ0n) is 10.8. The predicted molar refractivity (Wildman–Crippen MR) is 76.1 cm³/mol. The lowest BCUT2D eigenvalue weighted by Gasteiger charge is -2.01. The van der Waals surface area contributed by atoms with Gasteiger partial charge >= 0.3 is 0 Å². The van der Waals surface area contributed by atoms with Crippen LogP contribution in [0.3, 0.4) is 0 Å². The molecule has 2 heterocycles. The molecule has 0 aliphatic heterocycles. The Balaban J connectivity index is 2.01. The van der Waals surface area contributed by atoms with Crippen molar-refractivity contribution in [2.45, 2.75) is 23.7 Å². The first kappa shape index (κ1) is 12.3. The van der Waals surface area contributed by atoms with E-state index in [-0.39, 0.29) is 0 Å². The van der Waals surface area contributed by atoms with Crippen molar-refractivity contribution in [3.63, 3.8) is 0 Å². The summed E-state index contributed by atoms with van der Waals surface area (Å²) in [6.07, 6.45) is 0.